The van der Waals surface area contributed by atoms with Crippen LogP contribution in [0.4, 0.5) is 4.39 Å². The lowest BCUT2D eigenvalue weighted by atomic mass is 9.93. The van der Waals surface area contributed by atoms with Crippen molar-refractivity contribution in [2.45, 2.75) is 26.8 Å². The van der Waals surface area contributed by atoms with E-state index in [1.807, 2.05) is 13.8 Å². The van der Waals surface area contributed by atoms with Crippen LogP contribution in [0, 0.1) is 11.2 Å². The maximum Gasteiger partial charge on any atom is 0.223 e. The van der Waals surface area contributed by atoms with Crippen molar-refractivity contribution in [2.75, 3.05) is 6.54 Å². The fraction of sp³-hybridized carbons (Fsp3) is 0.462. The van der Waals surface area contributed by atoms with E-state index in [9.17, 15) is 9.18 Å². The monoisotopic (exact) mass is 289 g/mol. The Morgan fingerprint density at radius 3 is 2.61 bits per heavy atom. The molecule has 0 unspecified atom stereocenters. The molecule has 0 bridgehead atoms. The van der Waals surface area contributed by atoms with E-state index in [0.717, 1.165) is 0 Å². The van der Waals surface area contributed by atoms with E-state index in [0.29, 0.717) is 18.0 Å². The van der Waals surface area contributed by atoms with Gasteiger partial charge in [-0.2, -0.15) is 0 Å². The molecule has 5 heteroatoms. The summed E-state index contributed by atoms with van der Waals surface area (Å²) in [4.78, 5) is 13.5. The average molecular weight is 290 g/mol. The predicted octanol–water partition coefficient (Wildman–Crippen LogP) is 3.89. The van der Waals surface area contributed by atoms with Crippen LogP contribution < -0.4 is 0 Å². The number of amides is 1. The Kier molecular flexibility index (Phi) is 3.56. The first kappa shape index (κ1) is 13.6. The quantitative estimate of drug-likeness (QED) is 0.757. The number of likely N-dealkylation sites (tertiary alicyclic amines) is 1. The smallest absolute Gasteiger partial charge is 0.223 e. The normalized spacial score (nSPS) is 18.5. The second-order valence-corrected chi connectivity index (χ2v) is 6.20. The molecule has 18 heavy (non-hydrogen) atoms. The van der Waals surface area contributed by atoms with Gasteiger partial charge in [-0.1, -0.05) is 37.0 Å². The first-order valence-corrected chi connectivity index (χ1v) is 6.46. The highest BCUT2D eigenvalue weighted by Gasteiger charge is 2.36. The molecule has 0 radical (unpaired) electrons. The van der Waals surface area contributed by atoms with Crippen molar-refractivity contribution in [3.05, 3.63) is 33.6 Å². The minimum absolute atomic E-state index is 0.0236. The lowest BCUT2D eigenvalue weighted by molar-refractivity contribution is -0.128. The van der Waals surface area contributed by atoms with Crippen LogP contribution >= 0.6 is 23.2 Å². The molecule has 0 saturated carbocycles. The summed E-state index contributed by atoms with van der Waals surface area (Å²) in [6.45, 7) is 4.81. The summed E-state index contributed by atoms with van der Waals surface area (Å²) in [5.74, 6) is -0.405. The highest BCUT2D eigenvalue weighted by Crippen LogP contribution is 2.34. The summed E-state index contributed by atoms with van der Waals surface area (Å²) < 4.78 is 13.7. The van der Waals surface area contributed by atoms with Crippen LogP contribution in [0.3, 0.4) is 0 Å². The van der Waals surface area contributed by atoms with Crippen molar-refractivity contribution in [1.82, 2.24) is 4.90 Å². The van der Waals surface area contributed by atoms with Crippen molar-refractivity contribution in [2.24, 2.45) is 5.41 Å². The van der Waals surface area contributed by atoms with E-state index in [1.54, 1.807) is 4.90 Å². The highest BCUT2D eigenvalue weighted by atomic mass is 35.5. The van der Waals surface area contributed by atoms with Gasteiger partial charge in [0.05, 0.1) is 16.6 Å². The lowest BCUT2D eigenvalue weighted by Crippen LogP contribution is -2.26. The predicted molar refractivity (Wildman–Crippen MR) is 70.2 cm³/mol. The van der Waals surface area contributed by atoms with Crippen molar-refractivity contribution in [3.8, 4) is 0 Å². The van der Waals surface area contributed by atoms with Gasteiger partial charge in [0.1, 0.15) is 5.82 Å². The zero-order valence-electron chi connectivity index (χ0n) is 10.3. The van der Waals surface area contributed by atoms with Gasteiger partial charge in [0.2, 0.25) is 5.91 Å². The molecule has 1 fully saturated rings. The Hall–Kier alpha value is -0.800. The molecule has 0 atom stereocenters. The number of benzene rings is 1. The van der Waals surface area contributed by atoms with E-state index in [1.165, 1.54) is 12.1 Å². The number of halogens is 3. The van der Waals surface area contributed by atoms with Gasteiger partial charge in [0.15, 0.2) is 0 Å². The second kappa shape index (κ2) is 4.71. The van der Waals surface area contributed by atoms with E-state index in [2.05, 4.69) is 0 Å². The van der Waals surface area contributed by atoms with Crippen LogP contribution in [0.15, 0.2) is 12.1 Å². The van der Waals surface area contributed by atoms with Crippen LogP contribution in [0.1, 0.15) is 25.8 Å². The van der Waals surface area contributed by atoms with Crippen LogP contribution in [-0.2, 0) is 11.3 Å². The van der Waals surface area contributed by atoms with Crippen LogP contribution in [-0.4, -0.2) is 17.4 Å². The summed E-state index contributed by atoms with van der Waals surface area (Å²) in [6, 6.07) is 2.69. The first-order chi connectivity index (χ1) is 8.30. The van der Waals surface area contributed by atoms with Crippen LogP contribution in [0.25, 0.3) is 0 Å². The van der Waals surface area contributed by atoms with Gasteiger partial charge in [0, 0.05) is 18.5 Å². The van der Waals surface area contributed by atoms with E-state index < -0.39 is 5.82 Å². The second-order valence-electron chi connectivity index (χ2n) is 5.41. The Labute approximate surface area is 116 Å². The largest absolute Gasteiger partial charge is 0.338 e. The molecule has 0 aliphatic carbocycles. The molecular formula is C13H14Cl2FNO. The molecule has 1 aliphatic rings. The Morgan fingerprint density at radius 1 is 1.39 bits per heavy atom. The van der Waals surface area contributed by atoms with Gasteiger partial charge < -0.3 is 4.90 Å². The van der Waals surface area contributed by atoms with Crippen LogP contribution in [0.5, 0.6) is 0 Å². The van der Waals surface area contributed by atoms with Crippen molar-refractivity contribution < 1.29 is 9.18 Å². The molecule has 1 amide bonds. The fourth-order valence-electron chi connectivity index (χ4n) is 2.23. The number of hydrogen-bond donors (Lipinski definition) is 0. The van der Waals surface area contributed by atoms with E-state index in [4.69, 9.17) is 23.2 Å². The number of rotatable bonds is 2. The molecular weight excluding hydrogens is 276 g/mol. The highest BCUT2D eigenvalue weighted by molar-refractivity contribution is 6.42. The zero-order chi connectivity index (χ0) is 13.5. The number of nitrogens with zero attached hydrogens (tertiary/aromatic N) is 1. The Bertz CT molecular complexity index is 502. The topological polar surface area (TPSA) is 20.3 Å². The average Bonchev–Trinajstić information content (AvgIpc) is 2.52. The molecule has 2 rings (SSSR count). The minimum Gasteiger partial charge on any atom is -0.338 e. The maximum absolute atomic E-state index is 13.7. The molecule has 1 heterocycles. The van der Waals surface area contributed by atoms with E-state index >= 15 is 0 Å². The number of carbonyl (C=O) groups is 1. The minimum atomic E-state index is -0.429. The van der Waals surface area contributed by atoms with Gasteiger partial charge >= 0.3 is 0 Å². The zero-order valence-corrected chi connectivity index (χ0v) is 11.8. The third kappa shape index (κ3) is 2.62. The van der Waals surface area contributed by atoms with Gasteiger partial charge in [-0.25, -0.2) is 4.39 Å². The van der Waals surface area contributed by atoms with Gasteiger partial charge in [0.25, 0.3) is 0 Å². The molecule has 1 aliphatic heterocycles. The number of carbonyl (C=O) groups excluding carboxylic acids is 1. The molecule has 1 saturated heterocycles. The molecule has 98 valence electrons. The fourth-order valence-corrected chi connectivity index (χ4v) is 2.62. The van der Waals surface area contributed by atoms with Gasteiger partial charge in [-0.3, -0.25) is 4.79 Å². The molecule has 0 N–H and O–H groups in total. The summed E-state index contributed by atoms with van der Waals surface area (Å²) >= 11 is 11.8. The van der Waals surface area contributed by atoms with Gasteiger partial charge in [-0.05, 0) is 17.5 Å². The van der Waals surface area contributed by atoms with Crippen molar-refractivity contribution in [3.63, 3.8) is 0 Å². The molecule has 1 aromatic rings. The summed E-state index contributed by atoms with van der Waals surface area (Å²) in [5, 5.41) is 0.494. The summed E-state index contributed by atoms with van der Waals surface area (Å²) in [5.41, 5.74) is 0.216. The summed E-state index contributed by atoms with van der Waals surface area (Å²) in [6.07, 6.45) is 0.479. The molecule has 0 spiro atoms. The summed E-state index contributed by atoms with van der Waals surface area (Å²) in [7, 11) is 0. The third-order valence-corrected chi connectivity index (χ3v) is 3.93. The SMILES string of the molecule is CC1(C)CC(=O)N(Cc2c(F)ccc(Cl)c2Cl)C1. The third-order valence-electron chi connectivity index (χ3n) is 3.09. The molecule has 2 nitrogen and oxygen atoms in total. The molecule has 0 aromatic heterocycles. The maximum atomic E-state index is 13.7. The Balaban J connectivity index is 2.26. The van der Waals surface area contributed by atoms with E-state index in [-0.39, 0.29) is 28.5 Å². The molecule has 1 aromatic carbocycles. The standard InChI is InChI=1S/C13H14Cl2FNO/c1-13(2)5-11(18)17(7-13)6-8-10(16)4-3-9(14)12(8)15/h3-4H,5-7H2,1-2H3. The Morgan fingerprint density at radius 2 is 2.06 bits per heavy atom. The first-order valence-electron chi connectivity index (χ1n) is 5.70. The van der Waals surface area contributed by atoms with Crippen molar-refractivity contribution >= 4 is 29.1 Å². The van der Waals surface area contributed by atoms with Crippen molar-refractivity contribution in [1.29, 1.82) is 0 Å². The van der Waals surface area contributed by atoms with Crippen LogP contribution in [0.2, 0.25) is 10.0 Å². The lowest BCUT2D eigenvalue weighted by Gasteiger charge is -2.20. The van der Waals surface area contributed by atoms with Gasteiger partial charge in [-0.15, -0.1) is 0 Å². The number of hydrogen-bond acceptors (Lipinski definition) is 1.